The maximum absolute atomic E-state index is 11.4. The second-order valence-electron chi connectivity index (χ2n) is 4.37. The fourth-order valence-electron chi connectivity index (χ4n) is 1.55. The summed E-state index contributed by atoms with van der Waals surface area (Å²) in [5.41, 5.74) is 2.32. The third kappa shape index (κ3) is 5.63. The van der Waals surface area contributed by atoms with Crippen molar-refractivity contribution in [1.82, 2.24) is 15.6 Å². The summed E-state index contributed by atoms with van der Waals surface area (Å²) in [6.45, 7) is 4.78. The number of hydrogen-bond donors (Lipinski definition) is 3. The number of carbonyl (C=O) groups excluding carboxylic acids is 1. The lowest BCUT2D eigenvalue weighted by Gasteiger charge is -2.09. The molecule has 0 radical (unpaired) electrons. The predicted octanol–water partition coefficient (Wildman–Crippen LogP) is 1.00. The molecule has 0 fully saturated rings. The van der Waals surface area contributed by atoms with E-state index in [-0.39, 0.29) is 12.1 Å². The molecule has 0 bridgehead atoms. The van der Waals surface area contributed by atoms with Gasteiger partial charge in [-0.15, -0.1) is 0 Å². The van der Waals surface area contributed by atoms with Crippen LogP contribution in [-0.4, -0.2) is 35.3 Å². The molecule has 0 saturated heterocycles. The number of urea groups is 1. The number of nitrogens with one attached hydrogen (secondary N) is 2. The van der Waals surface area contributed by atoms with Crippen LogP contribution in [0.1, 0.15) is 24.5 Å². The van der Waals surface area contributed by atoms with E-state index in [0.29, 0.717) is 19.5 Å². The summed E-state index contributed by atoms with van der Waals surface area (Å²) in [4.78, 5) is 15.4. The molecule has 2 amide bonds. The third-order valence-corrected chi connectivity index (χ3v) is 2.66. The van der Waals surface area contributed by atoms with Gasteiger partial charge in [-0.05, 0) is 43.9 Å². The summed E-state index contributed by atoms with van der Waals surface area (Å²) in [7, 11) is 0. The van der Waals surface area contributed by atoms with Crippen LogP contribution < -0.4 is 10.6 Å². The summed E-state index contributed by atoms with van der Waals surface area (Å²) in [5, 5.41) is 14.5. The molecule has 3 N–H and O–H groups in total. The Labute approximate surface area is 108 Å². The Kier molecular flexibility index (Phi) is 6.14. The van der Waals surface area contributed by atoms with Gasteiger partial charge in [0.25, 0.3) is 0 Å². The minimum absolute atomic E-state index is 0.192. The predicted molar refractivity (Wildman–Crippen MR) is 70.4 cm³/mol. The van der Waals surface area contributed by atoms with Crippen molar-refractivity contribution in [2.24, 2.45) is 0 Å². The van der Waals surface area contributed by atoms with E-state index in [1.165, 1.54) is 5.56 Å². The van der Waals surface area contributed by atoms with Crippen LogP contribution in [0.4, 0.5) is 4.79 Å². The SMILES string of the molecule is Cc1cnccc1CCNC(=O)NCCC(C)O. The average Bonchev–Trinajstić information content (AvgIpc) is 2.31. The molecular weight excluding hydrogens is 230 g/mol. The maximum Gasteiger partial charge on any atom is 0.314 e. The molecule has 0 aliphatic carbocycles. The number of aliphatic hydroxyl groups excluding tert-OH is 1. The number of aliphatic hydroxyl groups is 1. The molecule has 1 rings (SSSR count). The van der Waals surface area contributed by atoms with E-state index in [9.17, 15) is 4.79 Å². The molecule has 0 saturated carbocycles. The lowest BCUT2D eigenvalue weighted by molar-refractivity contribution is 0.183. The van der Waals surface area contributed by atoms with Gasteiger partial charge in [-0.3, -0.25) is 4.98 Å². The largest absolute Gasteiger partial charge is 0.393 e. The summed E-state index contributed by atoms with van der Waals surface area (Å²) in [6, 6.07) is 1.77. The van der Waals surface area contributed by atoms with Gasteiger partial charge in [-0.1, -0.05) is 0 Å². The van der Waals surface area contributed by atoms with Crippen LogP contribution in [-0.2, 0) is 6.42 Å². The molecule has 5 nitrogen and oxygen atoms in total. The number of aryl methyl sites for hydroxylation is 1. The number of hydrogen-bond acceptors (Lipinski definition) is 3. The molecule has 5 heteroatoms. The minimum atomic E-state index is -0.384. The molecule has 0 aliphatic rings. The van der Waals surface area contributed by atoms with Gasteiger partial charge in [0.2, 0.25) is 0 Å². The summed E-state index contributed by atoms with van der Waals surface area (Å²) >= 11 is 0. The number of nitrogens with zero attached hydrogens (tertiary/aromatic N) is 1. The molecule has 0 aliphatic heterocycles. The molecule has 100 valence electrons. The molecule has 1 aromatic heterocycles. The monoisotopic (exact) mass is 251 g/mol. The zero-order valence-corrected chi connectivity index (χ0v) is 10.9. The Morgan fingerprint density at radius 2 is 2.17 bits per heavy atom. The van der Waals surface area contributed by atoms with E-state index in [4.69, 9.17) is 5.11 Å². The number of amides is 2. The van der Waals surface area contributed by atoms with E-state index in [1.54, 1.807) is 13.1 Å². The molecule has 0 aromatic carbocycles. The summed E-state index contributed by atoms with van der Waals surface area (Å²) in [6.07, 6.45) is 4.54. The normalized spacial score (nSPS) is 11.9. The van der Waals surface area contributed by atoms with Crippen molar-refractivity contribution in [2.75, 3.05) is 13.1 Å². The molecular formula is C13H21N3O2. The first-order chi connectivity index (χ1) is 8.59. The van der Waals surface area contributed by atoms with Gasteiger partial charge in [0.15, 0.2) is 0 Å². The number of pyridine rings is 1. The quantitative estimate of drug-likeness (QED) is 0.706. The molecule has 18 heavy (non-hydrogen) atoms. The van der Waals surface area contributed by atoms with Crippen LogP contribution in [0.5, 0.6) is 0 Å². The van der Waals surface area contributed by atoms with Crippen LogP contribution in [0.2, 0.25) is 0 Å². The van der Waals surface area contributed by atoms with Gasteiger partial charge in [-0.25, -0.2) is 4.79 Å². The fraction of sp³-hybridized carbons (Fsp3) is 0.538. The lowest BCUT2D eigenvalue weighted by atomic mass is 10.1. The van der Waals surface area contributed by atoms with Gasteiger partial charge in [-0.2, -0.15) is 0 Å². The first-order valence-electron chi connectivity index (χ1n) is 6.19. The Morgan fingerprint density at radius 3 is 2.83 bits per heavy atom. The van der Waals surface area contributed by atoms with Crippen molar-refractivity contribution in [3.63, 3.8) is 0 Å². The number of aromatic nitrogens is 1. The third-order valence-electron chi connectivity index (χ3n) is 2.66. The number of rotatable bonds is 6. The zero-order valence-electron chi connectivity index (χ0n) is 10.9. The first-order valence-corrected chi connectivity index (χ1v) is 6.19. The van der Waals surface area contributed by atoms with E-state index < -0.39 is 0 Å². The molecule has 1 aromatic rings. The Balaban J connectivity index is 2.18. The second kappa shape index (κ2) is 7.66. The van der Waals surface area contributed by atoms with E-state index in [2.05, 4.69) is 15.6 Å². The highest BCUT2D eigenvalue weighted by Crippen LogP contribution is 2.04. The van der Waals surface area contributed by atoms with E-state index in [0.717, 1.165) is 12.0 Å². The Morgan fingerprint density at radius 1 is 1.44 bits per heavy atom. The van der Waals surface area contributed by atoms with Crippen LogP contribution in [0.15, 0.2) is 18.5 Å². The standard InChI is InChI=1S/C13H21N3O2/c1-10-9-14-6-4-12(10)5-8-16-13(18)15-7-3-11(2)17/h4,6,9,11,17H,3,5,7-8H2,1-2H3,(H2,15,16,18). The summed E-state index contributed by atoms with van der Waals surface area (Å²) in [5.74, 6) is 0. The topological polar surface area (TPSA) is 74.2 Å². The first kappa shape index (κ1) is 14.4. The summed E-state index contributed by atoms with van der Waals surface area (Å²) < 4.78 is 0. The van der Waals surface area contributed by atoms with Crippen LogP contribution in [0, 0.1) is 6.92 Å². The fourth-order valence-corrected chi connectivity index (χ4v) is 1.55. The van der Waals surface area contributed by atoms with E-state index in [1.807, 2.05) is 19.2 Å². The molecule has 1 heterocycles. The van der Waals surface area contributed by atoms with Crippen LogP contribution in [0.25, 0.3) is 0 Å². The Hall–Kier alpha value is -1.62. The highest BCUT2D eigenvalue weighted by atomic mass is 16.3. The highest BCUT2D eigenvalue weighted by Gasteiger charge is 2.02. The highest BCUT2D eigenvalue weighted by molar-refractivity contribution is 5.73. The number of carbonyl (C=O) groups is 1. The van der Waals surface area contributed by atoms with Crippen LogP contribution >= 0.6 is 0 Å². The van der Waals surface area contributed by atoms with Crippen molar-refractivity contribution in [3.05, 3.63) is 29.6 Å². The van der Waals surface area contributed by atoms with Gasteiger partial charge in [0, 0.05) is 25.5 Å². The molecule has 1 atom stereocenters. The van der Waals surface area contributed by atoms with Crippen molar-refractivity contribution in [1.29, 1.82) is 0 Å². The molecule has 0 spiro atoms. The second-order valence-corrected chi connectivity index (χ2v) is 4.37. The van der Waals surface area contributed by atoms with E-state index >= 15 is 0 Å². The van der Waals surface area contributed by atoms with Crippen LogP contribution in [0.3, 0.4) is 0 Å². The smallest absolute Gasteiger partial charge is 0.314 e. The zero-order chi connectivity index (χ0) is 13.4. The molecule has 1 unspecified atom stereocenters. The van der Waals surface area contributed by atoms with Crippen molar-refractivity contribution >= 4 is 6.03 Å². The Bertz CT molecular complexity index is 380. The van der Waals surface area contributed by atoms with Gasteiger partial charge in [0.1, 0.15) is 0 Å². The van der Waals surface area contributed by atoms with Crippen molar-refractivity contribution in [2.45, 2.75) is 32.8 Å². The van der Waals surface area contributed by atoms with Crippen molar-refractivity contribution in [3.8, 4) is 0 Å². The van der Waals surface area contributed by atoms with Crippen molar-refractivity contribution < 1.29 is 9.90 Å². The average molecular weight is 251 g/mol. The van der Waals surface area contributed by atoms with Gasteiger partial charge in [0.05, 0.1) is 6.10 Å². The van der Waals surface area contributed by atoms with Gasteiger partial charge >= 0.3 is 6.03 Å². The lowest BCUT2D eigenvalue weighted by Crippen LogP contribution is -2.37. The minimum Gasteiger partial charge on any atom is -0.393 e. The van der Waals surface area contributed by atoms with Gasteiger partial charge < -0.3 is 15.7 Å². The maximum atomic E-state index is 11.4.